The Morgan fingerprint density at radius 3 is 1.60 bits per heavy atom. The molecule has 0 spiro atoms. The lowest BCUT2D eigenvalue weighted by atomic mass is 10.1. The van der Waals surface area contributed by atoms with Crippen molar-refractivity contribution in [2.45, 2.75) is 96.9 Å². The van der Waals surface area contributed by atoms with E-state index < -0.39 is 5.97 Å². The van der Waals surface area contributed by atoms with E-state index in [1.807, 2.05) is 20.8 Å². The second-order valence-electron chi connectivity index (χ2n) is 7.62. The molecule has 25 heavy (non-hydrogen) atoms. The summed E-state index contributed by atoms with van der Waals surface area (Å²) in [6.45, 7) is 6.18. The summed E-state index contributed by atoms with van der Waals surface area (Å²) in [5.41, 5.74) is -0.149. The fraction of sp³-hybridized carbons (Fsp3) is 0.842. The fourth-order valence-electron chi connectivity index (χ4n) is 2.51. The molecule has 0 heterocycles. The summed E-state index contributed by atoms with van der Waals surface area (Å²) in [6.07, 6.45) is 9.57. The molecule has 0 unspecified atom stereocenters. The van der Waals surface area contributed by atoms with E-state index in [2.05, 4.69) is 10.6 Å². The van der Waals surface area contributed by atoms with Crippen LogP contribution in [-0.2, 0) is 14.4 Å². The van der Waals surface area contributed by atoms with Crippen molar-refractivity contribution in [3.05, 3.63) is 0 Å². The highest BCUT2D eigenvalue weighted by Crippen LogP contribution is 2.11. The average molecular weight is 357 g/mol. The van der Waals surface area contributed by atoms with E-state index in [4.69, 9.17) is 5.11 Å². The number of carbonyl (C=O) groups excluding carboxylic acids is 2. The molecule has 0 saturated carbocycles. The molecule has 2 amide bonds. The van der Waals surface area contributed by atoms with Crippen LogP contribution in [-0.4, -0.2) is 35.0 Å². The van der Waals surface area contributed by atoms with Crippen molar-refractivity contribution >= 4 is 17.8 Å². The number of hydrogen-bond acceptors (Lipinski definition) is 3. The summed E-state index contributed by atoms with van der Waals surface area (Å²) in [6, 6.07) is 0. The smallest absolute Gasteiger partial charge is 0.305 e. The molecule has 0 atom stereocenters. The van der Waals surface area contributed by atoms with Crippen LogP contribution in [0.4, 0.5) is 0 Å². The Bertz CT molecular complexity index is 403. The van der Waals surface area contributed by atoms with Gasteiger partial charge >= 0.3 is 5.97 Å². The standard InChI is InChI=1S/C19H36N2O4/c1-19(2,3)21-17(23)13-11-9-7-5-4-6-8-10-12-16(22)20-15-14-18(24)25/h4-15H2,1-3H3,(H,20,22)(H,21,23)(H,24,25). The molecular formula is C19H36N2O4. The second kappa shape index (κ2) is 13.7. The van der Waals surface area contributed by atoms with Gasteiger partial charge in [-0.3, -0.25) is 14.4 Å². The van der Waals surface area contributed by atoms with E-state index in [1.54, 1.807) is 0 Å². The summed E-state index contributed by atoms with van der Waals surface area (Å²) in [5.74, 6) is -0.820. The molecule has 0 aliphatic heterocycles. The van der Waals surface area contributed by atoms with E-state index in [-0.39, 0.29) is 30.3 Å². The quantitative estimate of drug-likeness (QED) is 0.416. The van der Waals surface area contributed by atoms with Crippen molar-refractivity contribution in [3.63, 3.8) is 0 Å². The molecule has 3 N–H and O–H groups in total. The fourth-order valence-corrected chi connectivity index (χ4v) is 2.51. The number of amides is 2. The van der Waals surface area contributed by atoms with E-state index >= 15 is 0 Å². The van der Waals surface area contributed by atoms with Crippen LogP contribution in [0.2, 0.25) is 0 Å². The lowest BCUT2D eigenvalue weighted by molar-refractivity contribution is -0.137. The van der Waals surface area contributed by atoms with Crippen LogP contribution >= 0.6 is 0 Å². The van der Waals surface area contributed by atoms with E-state index in [0.717, 1.165) is 44.9 Å². The monoisotopic (exact) mass is 356 g/mol. The highest BCUT2D eigenvalue weighted by atomic mass is 16.4. The normalized spacial score (nSPS) is 11.2. The average Bonchev–Trinajstić information content (AvgIpc) is 2.47. The largest absolute Gasteiger partial charge is 0.481 e. The predicted molar refractivity (Wildman–Crippen MR) is 99.3 cm³/mol. The zero-order valence-electron chi connectivity index (χ0n) is 16.2. The van der Waals surface area contributed by atoms with E-state index in [0.29, 0.717) is 12.8 Å². The Morgan fingerprint density at radius 2 is 1.16 bits per heavy atom. The van der Waals surface area contributed by atoms with Gasteiger partial charge in [-0.15, -0.1) is 0 Å². The molecule has 0 bridgehead atoms. The van der Waals surface area contributed by atoms with Gasteiger partial charge < -0.3 is 15.7 Å². The van der Waals surface area contributed by atoms with Crippen molar-refractivity contribution in [1.29, 1.82) is 0 Å². The first-order valence-corrected chi connectivity index (χ1v) is 9.50. The third-order valence-electron chi connectivity index (χ3n) is 3.73. The summed E-state index contributed by atoms with van der Waals surface area (Å²) < 4.78 is 0. The maximum atomic E-state index is 11.6. The number of carboxylic acid groups (broad SMARTS) is 1. The molecule has 0 aromatic carbocycles. The third-order valence-corrected chi connectivity index (χ3v) is 3.73. The number of rotatable bonds is 14. The number of aliphatic carboxylic acids is 1. The molecule has 6 heteroatoms. The minimum atomic E-state index is -0.893. The Kier molecular flexibility index (Phi) is 12.8. The maximum Gasteiger partial charge on any atom is 0.305 e. The Balaban J connectivity index is 3.32. The summed E-state index contributed by atoms with van der Waals surface area (Å²) in [5, 5.41) is 14.1. The van der Waals surface area contributed by atoms with Gasteiger partial charge in [0.2, 0.25) is 11.8 Å². The van der Waals surface area contributed by atoms with Crippen LogP contribution in [0.3, 0.4) is 0 Å². The van der Waals surface area contributed by atoms with Gasteiger partial charge in [-0.25, -0.2) is 0 Å². The van der Waals surface area contributed by atoms with Crippen LogP contribution in [0.15, 0.2) is 0 Å². The van der Waals surface area contributed by atoms with E-state index in [9.17, 15) is 14.4 Å². The zero-order valence-corrected chi connectivity index (χ0v) is 16.2. The SMILES string of the molecule is CC(C)(C)NC(=O)CCCCCCCCCCC(=O)NCCC(=O)O. The molecule has 0 aromatic heterocycles. The first-order valence-electron chi connectivity index (χ1n) is 9.50. The molecule has 0 saturated heterocycles. The first kappa shape index (κ1) is 23.4. The number of carboxylic acids is 1. The highest BCUT2D eigenvalue weighted by Gasteiger charge is 2.12. The van der Waals surface area contributed by atoms with Gasteiger partial charge in [0.1, 0.15) is 0 Å². The summed E-state index contributed by atoms with van der Waals surface area (Å²) >= 11 is 0. The predicted octanol–water partition coefficient (Wildman–Crippen LogP) is 3.39. The maximum absolute atomic E-state index is 11.6. The first-order chi connectivity index (χ1) is 11.7. The van der Waals surface area contributed by atoms with Crippen LogP contribution in [0.1, 0.15) is 91.4 Å². The second-order valence-corrected chi connectivity index (χ2v) is 7.62. The van der Waals surface area contributed by atoms with Crippen LogP contribution < -0.4 is 10.6 Å². The minimum Gasteiger partial charge on any atom is -0.481 e. The number of unbranched alkanes of at least 4 members (excludes halogenated alkanes) is 7. The lowest BCUT2D eigenvalue weighted by Crippen LogP contribution is -2.40. The van der Waals surface area contributed by atoms with Crippen LogP contribution in [0, 0.1) is 0 Å². The van der Waals surface area contributed by atoms with Gasteiger partial charge in [0.25, 0.3) is 0 Å². The Hall–Kier alpha value is -1.59. The van der Waals surface area contributed by atoms with Crippen molar-refractivity contribution in [2.75, 3.05) is 6.54 Å². The Morgan fingerprint density at radius 1 is 0.720 bits per heavy atom. The van der Waals surface area contributed by atoms with Crippen molar-refractivity contribution in [3.8, 4) is 0 Å². The van der Waals surface area contributed by atoms with Gasteiger partial charge in [0.05, 0.1) is 6.42 Å². The molecule has 0 fully saturated rings. The molecule has 146 valence electrons. The van der Waals surface area contributed by atoms with Gasteiger partial charge in [-0.1, -0.05) is 38.5 Å². The van der Waals surface area contributed by atoms with Crippen LogP contribution in [0.25, 0.3) is 0 Å². The summed E-state index contributed by atoms with van der Waals surface area (Å²) in [7, 11) is 0. The molecule has 0 aromatic rings. The molecule has 0 aliphatic rings. The highest BCUT2D eigenvalue weighted by molar-refractivity contribution is 5.77. The Labute approximate surface area is 152 Å². The van der Waals surface area contributed by atoms with Crippen molar-refractivity contribution < 1.29 is 19.5 Å². The van der Waals surface area contributed by atoms with Gasteiger partial charge in [-0.05, 0) is 33.6 Å². The molecule has 6 nitrogen and oxygen atoms in total. The van der Waals surface area contributed by atoms with Gasteiger partial charge in [0.15, 0.2) is 0 Å². The molecule has 0 radical (unpaired) electrons. The van der Waals surface area contributed by atoms with Gasteiger partial charge in [-0.2, -0.15) is 0 Å². The topological polar surface area (TPSA) is 95.5 Å². The molecular weight excluding hydrogens is 320 g/mol. The molecule has 0 rings (SSSR count). The van der Waals surface area contributed by atoms with Crippen molar-refractivity contribution in [1.82, 2.24) is 10.6 Å². The molecule has 0 aliphatic carbocycles. The number of nitrogens with one attached hydrogen (secondary N) is 2. The lowest BCUT2D eigenvalue weighted by Gasteiger charge is -2.20. The minimum absolute atomic E-state index is 0.0242. The van der Waals surface area contributed by atoms with Gasteiger partial charge in [0, 0.05) is 24.9 Å². The number of carbonyl (C=O) groups is 3. The number of hydrogen-bond donors (Lipinski definition) is 3. The zero-order chi connectivity index (χ0) is 19.1. The van der Waals surface area contributed by atoms with E-state index in [1.165, 1.54) is 6.42 Å². The summed E-state index contributed by atoms with van der Waals surface area (Å²) in [4.78, 5) is 33.4. The van der Waals surface area contributed by atoms with Crippen LogP contribution in [0.5, 0.6) is 0 Å². The third kappa shape index (κ3) is 18.6. The van der Waals surface area contributed by atoms with Crippen molar-refractivity contribution in [2.24, 2.45) is 0 Å².